The number of hydrogen-bond donors (Lipinski definition) is 0. The van der Waals surface area contributed by atoms with Crippen molar-refractivity contribution in [3.05, 3.63) is 163 Å². The molecule has 4 fully saturated rings. The summed E-state index contributed by atoms with van der Waals surface area (Å²) >= 11 is 0. The van der Waals surface area contributed by atoms with Gasteiger partial charge in [0.05, 0.1) is 0 Å². The van der Waals surface area contributed by atoms with Crippen molar-refractivity contribution in [2.24, 2.45) is 17.8 Å². The molecule has 0 aliphatic heterocycles. The van der Waals surface area contributed by atoms with E-state index in [4.69, 9.17) is 0 Å². The highest BCUT2D eigenvalue weighted by Gasteiger charge is 2.64. The average Bonchev–Trinajstić information content (AvgIpc) is 3.12. The Balaban J connectivity index is 1.03. The molecule has 228 valence electrons. The molecular weight excluding hydrogens is 567 g/mol. The van der Waals surface area contributed by atoms with E-state index in [0.29, 0.717) is 5.41 Å². The summed E-state index contributed by atoms with van der Waals surface area (Å²) in [4.78, 5) is 2.39. The molecule has 4 saturated carbocycles. The Morgan fingerprint density at radius 3 is 1.40 bits per heavy atom. The van der Waals surface area contributed by atoms with Crippen LogP contribution in [0.5, 0.6) is 0 Å². The molecule has 1 spiro atoms. The molecule has 1 heteroatoms. The first-order chi connectivity index (χ1) is 23.2. The maximum absolute atomic E-state index is 2.46. The van der Waals surface area contributed by atoms with Gasteiger partial charge in [-0.25, -0.2) is 0 Å². The van der Waals surface area contributed by atoms with E-state index in [-0.39, 0.29) is 0 Å². The summed E-state index contributed by atoms with van der Waals surface area (Å²) in [6, 6.07) is 55.9. The lowest BCUT2D eigenvalue weighted by molar-refractivity contribution is -0.0477. The Hall–Kier alpha value is -4.88. The third kappa shape index (κ3) is 4.29. The second-order valence-corrected chi connectivity index (χ2v) is 14.7. The predicted octanol–water partition coefficient (Wildman–Crippen LogP) is 12.3. The molecule has 0 heterocycles. The first-order valence-electron chi connectivity index (χ1n) is 17.6. The molecule has 5 aliphatic carbocycles. The lowest BCUT2D eigenvalue weighted by atomic mass is 9.36. The minimum Gasteiger partial charge on any atom is -0.311 e. The van der Waals surface area contributed by atoms with E-state index < -0.39 is 0 Å². The fourth-order valence-corrected chi connectivity index (χ4v) is 10.6. The molecule has 1 nitrogen and oxygen atoms in total. The normalized spacial score (nSPS) is 24.7. The number of hydrogen-bond acceptors (Lipinski definition) is 1. The number of benzene rings is 6. The van der Waals surface area contributed by atoms with Crippen LogP contribution in [0, 0.1) is 17.8 Å². The maximum Gasteiger partial charge on any atom is 0.0462 e. The van der Waals surface area contributed by atoms with Crippen molar-refractivity contribution in [2.75, 3.05) is 4.90 Å². The smallest absolute Gasteiger partial charge is 0.0462 e. The first kappa shape index (κ1) is 27.3. The zero-order valence-electron chi connectivity index (χ0n) is 26.7. The minimum absolute atomic E-state index is 0.451. The average molecular weight is 606 g/mol. The van der Waals surface area contributed by atoms with Crippen LogP contribution in [0.3, 0.4) is 0 Å². The van der Waals surface area contributed by atoms with Crippen LogP contribution in [0.4, 0.5) is 17.1 Å². The second kappa shape index (κ2) is 10.6. The van der Waals surface area contributed by atoms with Gasteiger partial charge in [0, 0.05) is 22.5 Å². The van der Waals surface area contributed by atoms with Gasteiger partial charge in [0.1, 0.15) is 0 Å². The maximum atomic E-state index is 2.46. The Morgan fingerprint density at radius 1 is 0.426 bits per heavy atom. The van der Waals surface area contributed by atoms with Crippen LogP contribution in [0.25, 0.3) is 33.4 Å². The number of fused-ring (bicyclic) bond motifs is 1. The van der Waals surface area contributed by atoms with E-state index in [9.17, 15) is 0 Å². The van der Waals surface area contributed by atoms with E-state index in [1.807, 2.05) is 0 Å². The molecule has 4 bridgehead atoms. The van der Waals surface area contributed by atoms with Crippen molar-refractivity contribution in [1.29, 1.82) is 0 Å². The summed E-state index contributed by atoms with van der Waals surface area (Å²) in [5.74, 6) is 3.67. The predicted molar refractivity (Wildman–Crippen MR) is 195 cm³/mol. The van der Waals surface area contributed by atoms with Crippen LogP contribution in [-0.2, 0) is 5.41 Å². The van der Waals surface area contributed by atoms with Gasteiger partial charge in [0.15, 0.2) is 0 Å². The van der Waals surface area contributed by atoms with Crippen LogP contribution in [0.1, 0.15) is 49.1 Å². The Labute approximate surface area is 278 Å². The third-order valence-electron chi connectivity index (χ3n) is 12.1. The summed E-state index contributed by atoms with van der Waals surface area (Å²) < 4.78 is 0. The number of nitrogens with zero attached hydrogens (tertiary/aromatic N) is 1. The monoisotopic (exact) mass is 605 g/mol. The lowest BCUT2D eigenvalue weighted by Crippen LogP contribution is -2.59. The molecule has 3 unspecified atom stereocenters. The molecule has 3 atom stereocenters. The fourth-order valence-electron chi connectivity index (χ4n) is 10.6. The summed E-state index contributed by atoms with van der Waals surface area (Å²) in [5.41, 5.74) is 15.1. The van der Waals surface area contributed by atoms with Crippen molar-refractivity contribution < 1.29 is 0 Å². The molecule has 47 heavy (non-hydrogen) atoms. The highest BCUT2D eigenvalue weighted by Crippen LogP contribution is 2.73. The standard InChI is InChI=1S/C46H39N/c1-3-8-33(9-4-1)35-14-20-39(21-15-35)47(40-22-16-36(17-23-40)34-10-5-2-6-11-34)41-24-18-37(19-25-41)42-12-7-13-43-44-38-27-31-26-32(28-38)30-46(44,29-31)45(42)43/h1-25,31-32,38,44H,26-30H2. The zero-order chi connectivity index (χ0) is 31.0. The second-order valence-electron chi connectivity index (χ2n) is 14.7. The minimum atomic E-state index is 0.451. The Kier molecular flexibility index (Phi) is 6.13. The van der Waals surface area contributed by atoms with Gasteiger partial charge in [-0.15, -0.1) is 0 Å². The van der Waals surface area contributed by atoms with Crippen molar-refractivity contribution in [3.8, 4) is 33.4 Å². The fraction of sp³-hybridized carbons (Fsp3) is 0.217. The van der Waals surface area contributed by atoms with Crippen molar-refractivity contribution in [1.82, 2.24) is 0 Å². The molecular formula is C46H39N. The van der Waals surface area contributed by atoms with Crippen LogP contribution in [-0.4, -0.2) is 0 Å². The first-order valence-corrected chi connectivity index (χ1v) is 17.6. The van der Waals surface area contributed by atoms with Gasteiger partial charge >= 0.3 is 0 Å². The highest BCUT2D eigenvalue weighted by atomic mass is 15.1. The van der Waals surface area contributed by atoms with Crippen LogP contribution in [0.2, 0.25) is 0 Å². The molecule has 6 aromatic carbocycles. The van der Waals surface area contributed by atoms with Gasteiger partial charge in [0.2, 0.25) is 0 Å². The van der Waals surface area contributed by atoms with Crippen molar-refractivity contribution >= 4 is 17.1 Å². The Morgan fingerprint density at radius 2 is 0.894 bits per heavy atom. The summed E-state index contributed by atoms with van der Waals surface area (Å²) in [5, 5.41) is 0. The van der Waals surface area contributed by atoms with Gasteiger partial charge in [-0.05, 0) is 137 Å². The van der Waals surface area contributed by atoms with Gasteiger partial charge in [-0.2, -0.15) is 0 Å². The molecule has 11 rings (SSSR count). The largest absolute Gasteiger partial charge is 0.311 e. The molecule has 5 aliphatic rings. The topological polar surface area (TPSA) is 3.24 Å². The van der Waals surface area contributed by atoms with E-state index in [1.165, 1.54) is 71.2 Å². The third-order valence-corrected chi connectivity index (χ3v) is 12.1. The van der Waals surface area contributed by atoms with Gasteiger partial charge in [0.25, 0.3) is 0 Å². The van der Waals surface area contributed by atoms with Gasteiger partial charge < -0.3 is 4.90 Å². The van der Waals surface area contributed by atoms with Crippen molar-refractivity contribution in [3.63, 3.8) is 0 Å². The molecule has 0 aromatic heterocycles. The highest BCUT2D eigenvalue weighted by molar-refractivity contribution is 5.82. The molecule has 0 radical (unpaired) electrons. The molecule has 6 aromatic rings. The summed E-state index contributed by atoms with van der Waals surface area (Å²) in [6.07, 6.45) is 7.31. The van der Waals surface area contributed by atoms with Gasteiger partial charge in [-0.3, -0.25) is 0 Å². The van der Waals surface area contributed by atoms with E-state index in [2.05, 4.69) is 157 Å². The summed E-state index contributed by atoms with van der Waals surface area (Å²) in [7, 11) is 0. The Bertz CT molecular complexity index is 1960. The van der Waals surface area contributed by atoms with Crippen LogP contribution < -0.4 is 4.90 Å². The van der Waals surface area contributed by atoms with E-state index in [1.54, 1.807) is 11.1 Å². The van der Waals surface area contributed by atoms with Crippen molar-refractivity contribution in [2.45, 2.75) is 43.4 Å². The molecule has 0 amide bonds. The zero-order valence-corrected chi connectivity index (χ0v) is 26.7. The quantitative estimate of drug-likeness (QED) is 0.183. The van der Waals surface area contributed by atoms with Crippen LogP contribution >= 0.6 is 0 Å². The van der Waals surface area contributed by atoms with Gasteiger partial charge in [-0.1, -0.05) is 115 Å². The molecule has 0 saturated heterocycles. The van der Waals surface area contributed by atoms with Crippen LogP contribution in [0.15, 0.2) is 152 Å². The van der Waals surface area contributed by atoms with E-state index in [0.717, 1.165) is 35.0 Å². The number of anilines is 3. The lowest BCUT2D eigenvalue weighted by Gasteiger charge is -2.68. The molecule has 0 N–H and O–H groups in total. The number of rotatable bonds is 6. The van der Waals surface area contributed by atoms with E-state index >= 15 is 0 Å². The SMILES string of the molecule is c1ccc(-c2ccc(N(c3ccc(-c4ccccc4)cc3)c3ccc(-c4cccc5c4C46CC7CC(CC(C7)C54)C6)cc3)cc2)cc1. The summed E-state index contributed by atoms with van der Waals surface area (Å²) in [6.45, 7) is 0.